The fourth-order valence-electron chi connectivity index (χ4n) is 4.10. The first-order valence-corrected chi connectivity index (χ1v) is 11.5. The third kappa shape index (κ3) is 6.79. The number of unbranched alkanes of at least 4 members (excludes halogenated alkanes) is 3. The zero-order chi connectivity index (χ0) is 23.8. The summed E-state index contributed by atoms with van der Waals surface area (Å²) in [5, 5.41) is 18.1. The highest BCUT2D eigenvalue weighted by Crippen LogP contribution is 2.25. The Balaban J connectivity index is 1.68. The molecule has 1 amide bonds. The first-order chi connectivity index (χ1) is 15.9. The minimum absolute atomic E-state index is 0.00234. The fraction of sp³-hybridized carbons (Fsp3) is 0.400. The van der Waals surface area contributed by atoms with Crippen molar-refractivity contribution in [3.8, 4) is 5.75 Å². The van der Waals surface area contributed by atoms with E-state index in [4.69, 9.17) is 27.0 Å². The van der Waals surface area contributed by atoms with Crippen LogP contribution in [0.15, 0.2) is 48.5 Å². The summed E-state index contributed by atoms with van der Waals surface area (Å²) in [6.45, 7) is 3.69. The number of nitrogens with two attached hydrogens (primary N) is 2. The molecule has 0 saturated carbocycles. The zero-order valence-corrected chi connectivity index (χ0v) is 19.1. The number of nitrogens with zero attached hydrogens (tertiary/aromatic N) is 1. The monoisotopic (exact) mass is 450 g/mol. The molecule has 0 aliphatic carbocycles. The number of nitrogens with one attached hydrogen (secondary N) is 3. The number of anilines is 1. The Morgan fingerprint density at radius 2 is 1.79 bits per heavy atom. The average Bonchev–Trinajstić information content (AvgIpc) is 3.20. The van der Waals surface area contributed by atoms with Gasteiger partial charge in [0.25, 0.3) is 0 Å². The van der Waals surface area contributed by atoms with Crippen molar-refractivity contribution < 1.29 is 9.53 Å². The van der Waals surface area contributed by atoms with E-state index in [1.54, 1.807) is 36.4 Å². The summed E-state index contributed by atoms with van der Waals surface area (Å²) in [4.78, 5) is 15.4. The van der Waals surface area contributed by atoms with E-state index in [-0.39, 0.29) is 29.7 Å². The predicted molar refractivity (Wildman–Crippen MR) is 132 cm³/mol. The maximum absolute atomic E-state index is 13.2. The number of nitrogen functional groups attached to an aromatic ring is 2. The van der Waals surface area contributed by atoms with Gasteiger partial charge in [0.15, 0.2) is 0 Å². The molecule has 2 aromatic carbocycles. The minimum Gasteiger partial charge on any atom is -0.489 e. The van der Waals surface area contributed by atoms with Gasteiger partial charge in [-0.15, -0.1) is 0 Å². The van der Waals surface area contributed by atoms with Gasteiger partial charge in [0.2, 0.25) is 5.91 Å². The van der Waals surface area contributed by atoms with E-state index in [0.717, 1.165) is 19.4 Å². The second-order valence-corrected chi connectivity index (χ2v) is 8.47. The van der Waals surface area contributed by atoms with Crippen molar-refractivity contribution in [2.75, 3.05) is 18.4 Å². The molecule has 1 aliphatic heterocycles. The Hall–Kier alpha value is -3.39. The molecule has 2 unspecified atom stereocenters. The van der Waals surface area contributed by atoms with E-state index in [2.05, 4.69) is 17.1 Å². The molecule has 176 valence electrons. The molecule has 0 spiro atoms. The molecular weight excluding hydrogens is 416 g/mol. The number of carbonyl (C=O) groups excluding carboxylic acids is 1. The maximum Gasteiger partial charge on any atom is 0.241 e. The van der Waals surface area contributed by atoms with Crippen LogP contribution in [0.3, 0.4) is 0 Å². The Morgan fingerprint density at radius 3 is 2.45 bits per heavy atom. The van der Waals surface area contributed by atoms with Crippen LogP contribution < -0.4 is 21.5 Å². The smallest absolute Gasteiger partial charge is 0.241 e. The lowest BCUT2D eigenvalue weighted by Gasteiger charge is -2.23. The van der Waals surface area contributed by atoms with Gasteiger partial charge in [-0.3, -0.25) is 20.5 Å². The van der Waals surface area contributed by atoms with Crippen molar-refractivity contribution in [1.82, 2.24) is 4.90 Å². The standard InChI is InChI=1S/C25H34N6O2/c1-2-3-4-5-13-31-16-21(33-20-8-6-7-18(14-20)24(28)29)15-22(31)25(32)30-19-11-9-17(10-12-19)23(26)27/h6-12,14,21-22H,2-5,13,15-16H2,1H3,(H3,26,27)(H3,28,29)(H,30,32). The third-order valence-corrected chi connectivity index (χ3v) is 5.88. The van der Waals surface area contributed by atoms with Gasteiger partial charge in [-0.1, -0.05) is 38.3 Å². The number of benzene rings is 2. The molecule has 2 aromatic rings. The molecular formula is C25H34N6O2. The topological polar surface area (TPSA) is 141 Å². The first kappa shape index (κ1) is 24.3. The molecule has 0 radical (unpaired) electrons. The molecule has 0 bridgehead atoms. The maximum atomic E-state index is 13.2. The Morgan fingerprint density at radius 1 is 1.06 bits per heavy atom. The number of carbonyl (C=O) groups is 1. The lowest BCUT2D eigenvalue weighted by atomic mass is 10.1. The lowest BCUT2D eigenvalue weighted by molar-refractivity contribution is -0.120. The lowest BCUT2D eigenvalue weighted by Crippen LogP contribution is -2.40. The summed E-state index contributed by atoms with van der Waals surface area (Å²) in [6.07, 6.45) is 4.98. The molecule has 3 rings (SSSR count). The molecule has 8 heteroatoms. The number of hydrogen-bond acceptors (Lipinski definition) is 5. The quantitative estimate of drug-likeness (QED) is 0.203. The normalized spacial score (nSPS) is 18.1. The summed E-state index contributed by atoms with van der Waals surface area (Å²) in [7, 11) is 0. The van der Waals surface area contributed by atoms with E-state index < -0.39 is 0 Å². The summed E-state index contributed by atoms with van der Waals surface area (Å²) in [5.74, 6) is 0.581. The average molecular weight is 451 g/mol. The van der Waals surface area contributed by atoms with Gasteiger partial charge >= 0.3 is 0 Å². The number of ether oxygens (including phenoxy) is 1. The van der Waals surface area contributed by atoms with Gasteiger partial charge in [-0.05, 0) is 49.4 Å². The van der Waals surface area contributed by atoms with E-state index in [9.17, 15) is 4.79 Å². The van der Waals surface area contributed by atoms with Crippen LogP contribution in [0.4, 0.5) is 5.69 Å². The van der Waals surface area contributed by atoms with Crippen molar-refractivity contribution in [2.24, 2.45) is 11.5 Å². The summed E-state index contributed by atoms with van der Waals surface area (Å²) in [6, 6.07) is 13.9. The van der Waals surface area contributed by atoms with Gasteiger partial charge in [0.1, 0.15) is 23.5 Å². The van der Waals surface area contributed by atoms with Gasteiger partial charge in [-0.25, -0.2) is 0 Å². The number of amidine groups is 2. The van der Waals surface area contributed by atoms with Crippen LogP contribution in [0.5, 0.6) is 5.75 Å². The largest absolute Gasteiger partial charge is 0.489 e. The second-order valence-electron chi connectivity index (χ2n) is 8.47. The van der Waals surface area contributed by atoms with Crippen molar-refractivity contribution in [1.29, 1.82) is 10.8 Å². The molecule has 1 fully saturated rings. The molecule has 33 heavy (non-hydrogen) atoms. The number of likely N-dealkylation sites (tertiary alicyclic amines) is 1. The Bertz CT molecular complexity index is 975. The van der Waals surface area contributed by atoms with Gasteiger partial charge < -0.3 is 21.5 Å². The van der Waals surface area contributed by atoms with E-state index >= 15 is 0 Å². The molecule has 2 atom stereocenters. The molecule has 7 N–H and O–H groups in total. The van der Waals surface area contributed by atoms with Gasteiger partial charge in [0, 0.05) is 29.8 Å². The highest BCUT2D eigenvalue weighted by atomic mass is 16.5. The number of hydrogen-bond donors (Lipinski definition) is 5. The Labute approximate surface area is 195 Å². The summed E-state index contributed by atoms with van der Waals surface area (Å²) in [5.41, 5.74) is 13.0. The SMILES string of the molecule is CCCCCCN1CC(Oc2cccc(C(=N)N)c2)CC1C(=O)Nc1ccc(C(=N)N)cc1. The zero-order valence-electron chi connectivity index (χ0n) is 19.1. The third-order valence-electron chi connectivity index (χ3n) is 5.88. The highest BCUT2D eigenvalue weighted by molar-refractivity contribution is 5.97. The van der Waals surface area contributed by atoms with Crippen LogP contribution in [-0.2, 0) is 4.79 Å². The van der Waals surface area contributed by atoms with Crippen LogP contribution >= 0.6 is 0 Å². The second kappa shape index (κ2) is 11.5. The number of rotatable bonds is 11. The van der Waals surface area contributed by atoms with E-state index in [0.29, 0.717) is 35.5 Å². The van der Waals surface area contributed by atoms with Crippen LogP contribution in [-0.4, -0.2) is 47.7 Å². The number of amides is 1. The molecule has 1 heterocycles. The van der Waals surface area contributed by atoms with Crippen molar-refractivity contribution in [3.63, 3.8) is 0 Å². The van der Waals surface area contributed by atoms with Gasteiger partial charge in [-0.2, -0.15) is 0 Å². The Kier molecular flexibility index (Phi) is 8.43. The van der Waals surface area contributed by atoms with Gasteiger partial charge in [0.05, 0.1) is 6.04 Å². The van der Waals surface area contributed by atoms with E-state index in [1.165, 1.54) is 12.8 Å². The summed E-state index contributed by atoms with van der Waals surface area (Å²) < 4.78 is 6.19. The van der Waals surface area contributed by atoms with Crippen molar-refractivity contribution in [2.45, 2.75) is 51.2 Å². The van der Waals surface area contributed by atoms with Crippen molar-refractivity contribution >= 4 is 23.3 Å². The predicted octanol–water partition coefficient (Wildman–Crippen LogP) is 3.30. The highest BCUT2D eigenvalue weighted by Gasteiger charge is 2.37. The summed E-state index contributed by atoms with van der Waals surface area (Å²) >= 11 is 0. The molecule has 1 aliphatic rings. The van der Waals surface area contributed by atoms with Crippen LogP contribution in [0.1, 0.15) is 50.2 Å². The van der Waals surface area contributed by atoms with Crippen LogP contribution in [0.2, 0.25) is 0 Å². The first-order valence-electron chi connectivity index (χ1n) is 11.5. The fourth-order valence-corrected chi connectivity index (χ4v) is 4.10. The van der Waals surface area contributed by atoms with Crippen LogP contribution in [0.25, 0.3) is 0 Å². The minimum atomic E-state index is -0.292. The molecule has 8 nitrogen and oxygen atoms in total. The van der Waals surface area contributed by atoms with Crippen LogP contribution in [0, 0.1) is 10.8 Å². The molecule has 0 aromatic heterocycles. The van der Waals surface area contributed by atoms with E-state index in [1.807, 2.05) is 12.1 Å². The van der Waals surface area contributed by atoms with Crippen molar-refractivity contribution in [3.05, 3.63) is 59.7 Å². The molecule has 1 saturated heterocycles.